The number of thioether (sulfide) groups is 1. The molecule has 184 valence electrons. The number of pyridine rings is 1. The van der Waals surface area contributed by atoms with Gasteiger partial charge in [-0.2, -0.15) is 11.8 Å². The summed E-state index contributed by atoms with van der Waals surface area (Å²) in [6, 6.07) is 7.34. The molecule has 0 fully saturated rings. The summed E-state index contributed by atoms with van der Waals surface area (Å²) in [5, 5.41) is 12.4. The second-order valence-corrected chi connectivity index (χ2v) is 9.75. The van der Waals surface area contributed by atoms with Gasteiger partial charge in [0.1, 0.15) is 17.0 Å². The van der Waals surface area contributed by atoms with Crippen molar-refractivity contribution < 1.29 is 4.74 Å². The molecule has 3 rings (SSSR count). The number of methoxy groups -OCH3 is 1. The van der Waals surface area contributed by atoms with Crippen LogP contribution in [0, 0.1) is 0 Å². The van der Waals surface area contributed by atoms with Crippen molar-refractivity contribution in [2.24, 2.45) is 16.7 Å². The van der Waals surface area contributed by atoms with Crippen molar-refractivity contribution in [1.82, 2.24) is 10.1 Å². The van der Waals surface area contributed by atoms with Crippen molar-refractivity contribution in [3.05, 3.63) is 35.0 Å². The zero-order valence-corrected chi connectivity index (χ0v) is 24.6. The topological polar surface area (TPSA) is 117 Å². The number of anilines is 4. The highest BCUT2D eigenvalue weighted by molar-refractivity contribution is 14.2. The van der Waals surface area contributed by atoms with E-state index >= 15 is 0 Å². The molecule has 2 aromatic rings. The van der Waals surface area contributed by atoms with Crippen LogP contribution in [0.3, 0.4) is 0 Å². The summed E-state index contributed by atoms with van der Waals surface area (Å²) in [6.07, 6.45) is 4.73. The Morgan fingerprint density at radius 1 is 1.39 bits per heavy atom. The minimum Gasteiger partial charge on any atom is -0.494 e. The van der Waals surface area contributed by atoms with Crippen molar-refractivity contribution in [3.63, 3.8) is 0 Å². The van der Waals surface area contributed by atoms with Crippen LogP contribution in [0.1, 0.15) is 26.3 Å². The van der Waals surface area contributed by atoms with E-state index in [9.17, 15) is 0 Å². The normalized spacial score (nSPS) is 14.5. The Labute approximate surface area is 220 Å². The van der Waals surface area contributed by atoms with Gasteiger partial charge in [-0.25, -0.2) is 15.9 Å². The van der Waals surface area contributed by atoms with Crippen LogP contribution in [-0.4, -0.2) is 48.8 Å². The SMILES string of the molecule is CC.COc1c(Nc2cc(Cl)nc3c2NC(C)N3PI)cccc1/C(N)=N/N(C)N.CSC. The Kier molecular flexibility index (Phi) is 13.3. The maximum absolute atomic E-state index is 6.28. The molecule has 9 nitrogen and oxygen atoms in total. The Hall–Kier alpha value is -1.40. The number of aromatic nitrogens is 1. The molecule has 0 saturated carbocycles. The Morgan fingerprint density at radius 2 is 2.03 bits per heavy atom. The number of hydrogen-bond donors (Lipinski definition) is 4. The third-order valence-corrected chi connectivity index (χ3v) is 6.59. The average molecular weight is 627 g/mol. The van der Waals surface area contributed by atoms with Gasteiger partial charge in [0.05, 0.1) is 24.0 Å². The summed E-state index contributed by atoms with van der Waals surface area (Å²) in [5.41, 5.74) is 9.09. The minimum atomic E-state index is 0.118. The van der Waals surface area contributed by atoms with E-state index < -0.39 is 0 Å². The molecule has 13 heteroatoms. The smallest absolute Gasteiger partial charge is 0.161 e. The lowest BCUT2D eigenvalue weighted by molar-refractivity contribution is 0.371. The highest BCUT2D eigenvalue weighted by Crippen LogP contribution is 2.48. The lowest BCUT2D eigenvalue weighted by Crippen LogP contribution is -2.26. The highest BCUT2D eigenvalue weighted by atomic mass is 127. The monoisotopic (exact) mass is 626 g/mol. The van der Waals surface area contributed by atoms with Gasteiger partial charge in [0, 0.05) is 19.5 Å². The van der Waals surface area contributed by atoms with Crippen molar-refractivity contribution in [3.8, 4) is 5.75 Å². The van der Waals surface area contributed by atoms with Crippen LogP contribution in [0.5, 0.6) is 5.75 Å². The molecule has 0 radical (unpaired) electrons. The first-order valence-corrected chi connectivity index (χ1v) is 16.1. The van der Waals surface area contributed by atoms with Gasteiger partial charge in [-0.15, -0.1) is 5.10 Å². The predicted octanol–water partition coefficient (Wildman–Crippen LogP) is 5.44. The lowest BCUT2D eigenvalue weighted by atomic mass is 10.1. The first kappa shape index (κ1) is 29.6. The van der Waals surface area contributed by atoms with Gasteiger partial charge >= 0.3 is 0 Å². The summed E-state index contributed by atoms with van der Waals surface area (Å²) < 4.78 is 7.76. The van der Waals surface area contributed by atoms with E-state index in [-0.39, 0.29) is 12.0 Å². The second-order valence-electron chi connectivity index (χ2n) is 6.44. The van der Waals surface area contributed by atoms with Crippen LogP contribution >= 0.6 is 51.8 Å². The van der Waals surface area contributed by atoms with Gasteiger partial charge in [0.15, 0.2) is 17.4 Å². The maximum Gasteiger partial charge on any atom is 0.161 e. The Morgan fingerprint density at radius 3 is 2.58 bits per heavy atom. The molecule has 2 heterocycles. The molecule has 1 aliphatic heterocycles. The molecule has 0 bridgehead atoms. The number of hydrazone groups is 1. The minimum absolute atomic E-state index is 0.118. The van der Waals surface area contributed by atoms with E-state index in [1.165, 1.54) is 0 Å². The summed E-state index contributed by atoms with van der Waals surface area (Å²) >= 11 is 10.4. The molecule has 0 saturated heterocycles. The van der Waals surface area contributed by atoms with E-state index in [4.69, 9.17) is 27.9 Å². The van der Waals surface area contributed by atoms with Crippen LogP contribution in [0.25, 0.3) is 0 Å². The molecular formula is C20H33ClIN8OPS. The van der Waals surface area contributed by atoms with Gasteiger partial charge < -0.3 is 25.8 Å². The van der Waals surface area contributed by atoms with Crippen molar-refractivity contribution in [2.45, 2.75) is 26.9 Å². The summed E-state index contributed by atoms with van der Waals surface area (Å²) in [4.78, 5) is 4.48. The van der Waals surface area contributed by atoms with E-state index in [0.29, 0.717) is 28.5 Å². The molecule has 2 unspecified atom stereocenters. The number of ether oxygens (including phenoxy) is 1. The predicted molar refractivity (Wildman–Crippen MR) is 157 cm³/mol. The number of nitrogens with zero attached hydrogens (tertiary/aromatic N) is 4. The van der Waals surface area contributed by atoms with Crippen molar-refractivity contribution in [1.29, 1.82) is 0 Å². The molecule has 33 heavy (non-hydrogen) atoms. The summed E-state index contributed by atoms with van der Waals surface area (Å²) in [7, 11) is 3.17. The molecule has 2 atom stereocenters. The third kappa shape index (κ3) is 7.81. The van der Waals surface area contributed by atoms with Crippen molar-refractivity contribution >= 4 is 80.5 Å². The van der Waals surface area contributed by atoms with E-state index in [1.807, 2.05) is 44.6 Å². The van der Waals surface area contributed by atoms with Crippen LogP contribution in [0.2, 0.25) is 5.15 Å². The maximum atomic E-state index is 6.28. The van der Waals surface area contributed by atoms with Gasteiger partial charge in [-0.3, -0.25) is 0 Å². The molecule has 0 spiro atoms. The number of nitrogens with one attached hydrogen (secondary N) is 2. The van der Waals surface area contributed by atoms with Gasteiger partial charge in [0.2, 0.25) is 0 Å². The third-order valence-electron chi connectivity index (χ3n) is 4.06. The molecule has 6 N–H and O–H groups in total. The number of halogens is 2. The molecule has 1 aromatic carbocycles. The van der Waals surface area contributed by atoms with Crippen molar-refractivity contribution in [2.75, 3.05) is 42.0 Å². The van der Waals surface area contributed by atoms with E-state index in [0.717, 1.165) is 22.3 Å². The first-order valence-electron chi connectivity index (χ1n) is 10.1. The molecule has 1 aromatic heterocycles. The molecule has 0 aliphatic carbocycles. The standard InChI is InChI=1S/C16H21ClIN8OP.C2H6S.C2H6/c1-8-21-13-11(7-12(17)23-16(13)26(8)28-18)22-10-6-4-5-9(14(10)27-3)15(19)24-25(2)20;1-3-2;1-2/h4-8,21,28H,20H2,1-3H3,(H2,19,24)(H,22,23);1-2H3;1-2H3. The quantitative estimate of drug-likeness (QED) is 0.0633. The first-order chi connectivity index (χ1) is 15.8. The number of amidine groups is 1. The number of hydrogen-bond acceptors (Lipinski definition) is 9. The number of rotatable bonds is 6. The van der Waals surface area contributed by atoms with E-state index in [1.54, 1.807) is 32.0 Å². The zero-order valence-electron chi connectivity index (χ0n) is 19.9. The molecule has 1 aliphatic rings. The lowest BCUT2D eigenvalue weighted by Gasteiger charge is -2.19. The largest absolute Gasteiger partial charge is 0.494 e. The fourth-order valence-electron chi connectivity index (χ4n) is 2.91. The molecular weight excluding hydrogens is 594 g/mol. The van der Waals surface area contributed by atoms with E-state index in [2.05, 4.69) is 54.4 Å². The number of benzene rings is 1. The number of para-hydroxylation sites is 1. The Bertz CT molecular complexity index is 937. The number of nitrogens with two attached hydrogens (primary N) is 2. The summed E-state index contributed by atoms with van der Waals surface area (Å²) in [6.45, 7) is 6.08. The van der Waals surface area contributed by atoms with Gasteiger partial charge in [-0.05, 0) is 53.6 Å². The summed E-state index contributed by atoms with van der Waals surface area (Å²) in [5.74, 6) is 7.18. The fraction of sp³-hybridized carbons (Fsp3) is 0.400. The average Bonchev–Trinajstić information content (AvgIpc) is 3.10. The van der Waals surface area contributed by atoms with Crippen LogP contribution in [0.4, 0.5) is 22.9 Å². The van der Waals surface area contributed by atoms with Crippen LogP contribution in [-0.2, 0) is 0 Å². The Balaban J connectivity index is 0.00000101. The molecule has 0 amide bonds. The zero-order chi connectivity index (χ0) is 25.1. The number of fused-ring (bicyclic) bond motifs is 1. The van der Waals surface area contributed by atoms with Crippen LogP contribution in [0.15, 0.2) is 29.4 Å². The fourth-order valence-corrected chi connectivity index (χ4v) is 5.49. The number of hydrazine groups is 1. The van der Waals surface area contributed by atoms with Gasteiger partial charge in [0.25, 0.3) is 0 Å². The van der Waals surface area contributed by atoms with Gasteiger partial charge in [-0.1, -0.05) is 31.5 Å². The van der Waals surface area contributed by atoms with Crippen LogP contribution < -0.4 is 31.6 Å². The highest BCUT2D eigenvalue weighted by Gasteiger charge is 2.29. The second kappa shape index (κ2) is 14.8.